The molecule has 1 spiro atoms. The van der Waals surface area contributed by atoms with Gasteiger partial charge in [0.15, 0.2) is 0 Å². The normalized spacial score (nSPS) is 22.2. The molecule has 2 aromatic rings. The van der Waals surface area contributed by atoms with Gasteiger partial charge in [-0.3, -0.25) is 4.79 Å². The van der Waals surface area contributed by atoms with Crippen molar-refractivity contribution >= 4 is 35.3 Å². The summed E-state index contributed by atoms with van der Waals surface area (Å²) in [7, 11) is 0. The molecule has 3 fully saturated rings. The fourth-order valence-electron chi connectivity index (χ4n) is 5.09. The van der Waals surface area contributed by atoms with E-state index in [4.69, 9.17) is 11.6 Å². The van der Waals surface area contributed by atoms with Gasteiger partial charge in [-0.15, -0.1) is 0 Å². The Morgan fingerprint density at radius 1 is 1.13 bits per heavy atom. The quantitative estimate of drug-likeness (QED) is 0.659. The maximum Gasteiger partial charge on any atom is 0.321 e. The molecule has 0 radical (unpaired) electrons. The van der Waals surface area contributed by atoms with Crippen LogP contribution in [0.15, 0.2) is 55.1 Å². The van der Waals surface area contributed by atoms with Crippen molar-refractivity contribution in [3.05, 3.63) is 71.3 Å². The third kappa shape index (κ3) is 3.51. The Balaban J connectivity index is 1.30. The second-order valence-corrected chi connectivity index (χ2v) is 9.24. The number of nitrogens with zero attached hydrogens (tertiary/aromatic N) is 2. The molecule has 6 heteroatoms. The van der Waals surface area contributed by atoms with E-state index in [1.807, 2.05) is 53.4 Å². The van der Waals surface area contributed by atoms with Gasteiger partial charge in [0.05, 0.1) is 11.5 Å². The summed E-state index contributed by atoms with van der Waals surface area (Å²) >= 11 is 6.10. The van der Waals surface area contributed by atoms with Crippen LogP contribution in [-0.4, -0.2) is 40.9 Å². The van der Waals surface area contributed by atoms with Gasteiger partial charge in [0.25, 0.3) is 0 Å². The number of amides is 3. The maximum absolute atomic E-state index is 13.3. The van der Waals surface area contributed by atoms with Crippen LogP contribution in [0.25, 0.3) is 6.08 Å². The van der Waals surface area contributed by atoms with Crippen LogP contribution >= 0.6 is 11.6 Å². The molecule has 2 aliphatic heterocycles. The summed E-state index contributed by atoms with van der Waals surface area (Å²) in [5.41, 5.74) is 2.45. The fourth-order valence-corrected chi connectivity index (χ4v) is 5.21. The van der Waals surface area contributed by atoms with Crippen LogP contribution in [0.5, 0.6) is 0 Å². The van der Waals surface area contributed by atoms with Crippen molar-refractivity contribution in [3.8, 4) is 0 Å². The Morgan fingerprint density at radius 3 is 2.48 bits per heavy atom. The highest BCUT2D eigenvalue weighted by molar-refractivity contribution is 6.30. The number of hydrogen-bond donors (Lipinski definition) is 1. The molecule has 1 saturated carbocycles. The van der Waals surface area contributed by atoms with E-state index in [1.54, 1.807) is 6.08 Å². The van der Waals surface area contributed by atoms with Gasteiger partial charge in [-0.25, -0.2) is 4.79 Å². The minimum Gasteiger partial charge on any atom is -0.331 e. The maximum atomic E-state index is 13.3. The van der Waals surface area contributed by atoms with E-state index in [0.29, 0.717) is 37.0 Å². The second kappa shape index (κ2) is 7.72. The fraction of sp³-hybridized carbons (Fsp3) is 0.360. The molecule has 3 amide bonds. The van der Waals surface area contributed by atoms with Gasteiger partial charge in [0.1, 0.15) is 0 Å². The number of likely N-dealkylation sites (tertiary alicyclic amines) is 2. The predicted molar refractivity (Wildman–Crippen MR) is 123 cm³/mol. The molecule has 2 saturated heterocycles. The van der Waals surface area contributed by atoms with Crippen molar-refractivity contribution in [2.45, 2.75) is 37.8 Å². The summed E-state index contributed by atoms with van der Waals surface area (Å²) in [6.07, 6.45) is 5.30. The summed E-state index contributed by atoms with van der Waals surface area (Å²) < 4.78 is 0. The van der Waals surface area contributed by atoms with Crippen molar-refractivity contribution in [2.75, 3.05) is 18.4 Å². The lowest BCUT2D eigenvalue weighted by atomic mass is 9.62. The molecule has 5 rings (SSSR count). The standard InChI is InChI=1S/C25H26ClN3O2/c1-2-17-4-3-5-20(16-17)27-24(31)28-14-12-25(13-15-28)22(18-6-8-19(26)9-7-18)29(23(25)30)21-10-11-21/h2-9,16,21-22H,1,10-15H2,(H,27,31). The Morgan fingerprint density at radius 2 is 1.84 bits per heavy atom. The lowest BCUT2D eigenvalue weighted by molar-refractivity contribution is -0.181. The number of benzene rings is 2. The number of carbonyl (C=O) groups is 2. The largest absolute Gasteiger partial charge is 0.331 e. The van der Waals surface area contributed by atoms with Gasteiger partial charge in [-0.2, -0.15) is 0 Å². The number of nitrogens with one attached hydrogen (secondary N) is 1. The molecule has 160 valence electrons. The third-order valence-corrected chi connectivity index (χ3v) is 7.16. The van der Waals surface area contributed by atoms with Crippen LogP contribution in [0.2, 0.25) is 5.02 Å². The van der Waals surface area contributed by atoms with Gasteiger partial charge in [0, 0.05) is 29.8 Å². The Labute approximate surface area is 187 Å². The van der Waals surface area contributed by atoms with Crippen LogP contribution in [0.1, 0.15) is 42.9 Å². The number of halogens is 1. The molecule has 5 nitrogen and oxygen atoms in total. The zero-order chi connectivity index (χ0) is 21.6. The summed E-state index contributed by atoms with van der Waals surface area (Å²) in [6.45, 7) is 4.91. The topological polar surface area (TPSA) is 52.7 Å². The average Bonchev–Trinajstić information content (AvgIpc) is 3.63. The average molecular weight is 436 g/mol. The van der Waals surface area contributed by atoms with Crippen molar-refractivity contribution in [1.29, 1.82) is 0 Å². The Hall–Kier alpha value is -2.79. The van der Waals surface area contributed by atoms with Crippen molar-refractivity contribution in [2.24, 2.45) is 5.41 Å². The smallest absolute Gasteiger partial charge is 0.321 e. The van der Waals surface area contributed by atoms with Crippen LogP contribution in [0.3, 0.4) is 0 Å². The molecule has 2 aromatic carbocycles. The number of urea groups is 1. The summed E-state index contributed by atoms with van der Waals surface area (Å²) in [5, 5.41) is 3.68. The van der Waals surface area contributed by atoms with Crippen molar-refractivity contribution in [1.82, 2.24) is 9.80 Å². The van der Waals surface area contributed by atoms with Gasteiger partial charge >= 0.3 is 6.03 Å². The lowest BCUT2D eigenvalue weighted by Gasteiger charge is -2.59. The van der Waals surface area contributed by atoms with E-state index < -0.39 is 5.41 Å². The van der Waals surface area contributed by atoms with E-state index >= 15 is 0 Å². The summed E-state index contributed by atoms with van der Waals surface area (Å²) in [6, 6.07) is 15.8. The minimum absolute atomic E-state index is 0.0826. The first-order valence-electron chi connectivity index (χ1n) is 10.9. The predicted octanol–water partition coefficient (Wildman–Crippen LogP) is 5.34. The first kappa shape index (κ1) is 20.1. The molecule has 1 atom stereocenters. The van der Waals surface area contributed by atoms with Crippen LogP contribution < -0.4 is 5.32 Å². The summed E-state index contributed by atoms with van der Waals surface area (Å²) in [4.78, 5) is 30.0. The highest BCUT2D eigenvalue weighted by Crippen LogP contribution is 2.59. The number of hydrogen-bond acceptors (Lipinski definition) is 2. The monoisotopic (exact) mass is 435 g/mol. The molecular formula is C25H26ClN3O2. The first-order chi connectivity index (χ1) is 15.0. The van der Waals surface area contributed by atoms with E-state index in [9.17, 15) is 9.59 Å². The number of β-lactam (4-membered cyclic amide) rings is 1. The lowest BCUT2D eigenvalue weighted by Crippen LogP contribution is -2.67. The Kier molecular flexibility index (Phi) is 5.01. The van der Waals surface area contributed by atoms with Gasteiger partial charge < -0.3 is 15.1 Å². The molecule has 0 bridgehead atoms. The van der Waals surface area contributed by atoms with E-state index in [2.05, 4.69) is 16.8 Å². The summed E-state index contributed by atoms with van der Waals surface area (Å²) in [5.74, 6) is 0.258. The SMILES string of the molecule is C=Cc1cccc(NC(=O)N2CCC3(CC2)C(=O)N(C2CC2)C3c2ccc(Cl)cc2)c1. The number of anilines is 1. The zero-order valence-corrected chi connectivity index (χ0v) is 18.1. The molecule has 1 aliphatic carbocycles. The second-order valence-electron chi connectivity index (χ2n) is 8.80. The Bertz CT molecular complexity index is 1020. The molecule has 1 N–H and O–H groups in total. The van der Waals surface area contributed by atoms with E-state index in [-0.39, 0.29) is 18.0 Å². The molecular weight excluding hydrogens is 410 g/mol. The molecule has 2 heterocycles. The molecule has 1 unspecified atom stereocenters. The van der Waals surface area contributed by atoms with E-state index in [1.165, 1.54) is 0 Å². The van der Waals surface area contributed by atoms with Crippen LogP contribution in [0, 0.1) is 5.41 Å². The highest BCUT2D eigenvalue weighted by Gasteiger charge is 2.64. The van der Waals surface area contributed by atoms with Crippen molar-refractivity contribution < 1.29 is 9.59 Å². The van der Waals surface area contributed by atoms with Crippen molar-refractivity contribution in [3.63, 3.8) is 0 Å². The van der Waals surface area contributed by atoms with Gasteiger partial charge in [-0.1, -0.05) is 48.5 Å². The first-order valence-corrected chi connectivity index (χ1v) is 11.3. The third-order valence-electron chi connectivity index (χ3n) is 6.90. The van der Waals surface area contributed by atoms with Crippen LogP contribution in [-0.2, 0) is 4.79 Å². The zero-order valence-electron chi connectivity index (χ0n) is 17.4. The molecule has 31 heavy (non-hydrogen) atoms. The van der Waals surface area contributed by atoms with E-state index in [0.717, 1.165) is 29.7 Å². The molecule has 0 aromatic heterocycles. The van der Waals surface area contributed by atoms with Crippen LogP contribution in [0.4, 0.5) is 10.5 Å². The number of piperidine rings is 1. The van der Waals surface area contributed by atoms with Gasteiger partial charge in [0.2, 0.25) is 5.91 Å². The minimum atomic E-state index is -0.407. The van der Waals surface area contributed by atoms with Gasteiger partial charge in [-0.05, 0) is 61.1 Å². The highest BCUT2D eigenvalue weighted by atomic mass is 35.5. The number of carbonyl (C=O) groups excluding carboxylic acids is 2. The molecule has 3 aliphatic rings. The number of rotatable bonds is 4.